The average Bonchev–Trinajstić information content (AvgIpc) is 2.71. The van der Waals surface area contributed by atoms with Crippen LogP contribution in [0.25, 0.3) is 6.08 Å². The Morgan fingerprint density at radius 1 is 1.21 bits per heavy atom. The van der Waals surface area contributed by atoms with Crippen LogP contribution < -0.4 is 14.8 Å². The highest BCUT2D eigenvalue weighted by Crippen LogP contribution is 2.28. The molecule has 0 saturated heterocycles. The van der Waals surface area contributed by atoms with Gasteiger partial charge in [-0.05, 0) is 54.3 Å². The normalized spacial score (nSPS) is 10.4. The fraction of sp³-hybridized carbons (Fsp3) is 0.261. The van der Waals surface area contributed by atoms with Crippen molar-refractivity contribution < 1.29 is 19.4 Å². The molecule has 0 aliphatic heterocycles. The molecule has 28 heavy (non-hydrogen) atoms. The smallest absolute Gasteiger partial charge is 0.244 e. The van der Waals surface area contributed by atoms with Crippen LogP contribution in [0, 0.1) is 12.3 Å². The molecule has 0 spiro atoms. The summed E-state index contributed by atoms with van der Waals surface area (Å²) in [5.41, 5.74) is 1.88. The van der Waals surface area contributed by atoms with Gasteiger partial charge in [-0.1, -0.05) is 18.2 Å². The largest absolute Gasteiger partial charge is 0.508 e. The minimum atomic E-state index is -0.175. The SMILES string of the molecule is C#CCCCOc1cc(C=CC(=O)NCCc2ccc(O)cc2)ccc1OC. The molecular formula is C23H25NO4. The van der Waals surface area contributed by atoms with Crippen LogP contribution in [0.3, 0.4) is 0 Å². The molecule has 0 aliphatic rings. The molecule has 0 atom stereocenters. The van der Waals surface area contributed by atoms with Crippen LogP contribution in [0.4, 0.5) is 0 Å². The van der Waals surface area contributed by atoms with Crippen LogP contribution >= 0.6 is 0 Å². The van der Waals surface area contributed by atoms with E-state index in [9.17, 15) is 9.90 Å². The first kappa shape index (κ1) is 20.9. The standard InChI is InChI=1S/C23H25NO4/c1-3-4-5-16-28-22-17-19(8-12-21(22)27-2)9-13-23(26)24-15-14-18-6-10-20(25)11-7-18/h1,6-13,17,25H,4-5,14-16H2,2H3,(H,24,26). The number of aromatic hydroxyl groups is 1. The molecular weight excluding hydrogens is 354 g/mol. The number of carbonyl (C=O) groups is 1. The van der Waals surface area contributed by atoms with E-state index in [1.54, 1.807) is 31.4 Å². The highest BCUT2D eigenvalue weighted by molar-refractivity contribution is 5.91. The molecule has 1 amide bonds. The Bertz CT molecular complexity index is 835. The van der Waals surface area contributed by atoms with E-state index in [-0.39, 0.29) is 11.7 Å². The first-order valence-corrected chi connectivity index (χ1v) is 9.10. The number of phenolic OH excluding ortho intramolecular Hbond substituents is 1. The Morgan fingerprint density at radius 3 is 2.71 bits per heavy atom. The Hall–Kier alpha value is -3.39. The van der Waals surface area contributed by atoms with Gasteiger partial charge in [-0.2, -0.15) is 0 Å². The van der Waals surface area contributed by atoms with Crippen molar-refractivity contribution >= 4 is 12.0 Å². The Kier molecular flexibility index (Phi) is 8.48. The van der Waals surface area contributed by atoms with E-state index in [4.69, 9.17) is 15.9 Å². The maximum absolute atomic E-state index is 12.0. The molecule has 0 saturated carbocycles. The third-order valence-corrected chi connectivity index (χ3v) is 3.99. The van der Waals surface area contributed by atoms with Crippen molar-refractivity contribution in [1.29, 1.82) is 0 Å². The van der Waals surface area contributed by atoms with Crippen molar-refractivity contribution in [2.45, 2.75) is 19.3 Å². The Balaban J connectivity index is 1.86. The summed E-state index contributed by atoms with van der Waals surface area (Å²) in [6, 6.07) is 12.4. The summed E-state index contributed by atoms with van der Waals surface area (Å²) < 4.78 is 11.0. The zero-order valence-corrected chi connectivity index (χ0v) is 16.0. The van der Waals surface area contributed by atoms with Crippen molar-refractivity contribution in [3.8, 4) is 29.6 Å². The highest BCUT2D eigenvalue weighted by atomic mass is 16.5. The summed E-state index contributed by atoms with van der Waals surface area (Å²) in [6.07, 6.45) is 10.6. The van der Waals surface area contributed by atoms with E-state index in [0.29, 0.717) is 37.5 Å². The molecule has 2 aromatic rings. The van der Waals surface area contributed by atoms with Crippen molar-refractivity contribution in [2.75, 3.05) is 20.3 Å². The Morgan fingerprint density at radius 2 is 2.00 bits per heavy atom. The molecule has 146 valence electrons. The van der Waals surface area contributed by atoms with Gasteiger partial charge in [0.1, 0.15) is 5.75 Å². The molecule has 2 rings (SSSR count). The maximum Gasteiger partial charge on any atom is 0.244 e. The second kappa shape index (κ2) is 11.3. The summed E-state index contributed by atoms with van der Waals surface area (Å²) in [4.78, 5) is 12.0. The summed E-state index contributed by atoms with van der Waals surface area (Å²) in [7, 11) is 1.58. The number of benzene rings is 2. The van der Waals surface area contributed by atoms with Gasteiger partial charge in [0.05, 0.1) is 13.7 Å². The maximum atomic E-state index is 12.0. The first-order chi connectivity index (χ1) is 13.6. The zero-order chi connectivity index (χ0) is 20.2. The number of hydrogen-bond acceptors (Lipinski definition) is 4. The van der Waals surface area contributed by atoms with Crippen LogP contribution in [-0.2, 0) is 11.2 Å². The number of unbranched alkanes of at least 4 members (excludes halogenated alkanes) is 1. The molecule has 0 aliphatic carbocycles. The van der Waals surface area contributed by atoms with Crippen molar-refractivity contribution in [3.05, 3.63) is 59.7 Å². The molecule has 0 radical (unpaired) electrons. The fourth-order valence-electron chi connectivity index (χ4n) is 2.49. The van der Waals surface area contributed by atoms with Crippen molar-refractivity contribution in [2.24, 2.45) is 0 Å². The van der Waals surface area contributed by atoms with Gasteiger partial charge in [0.25, 0.3) is 0 Å². The van der Waals surface area contributed by atoms with Gasteiger partial charge in [-0.25, -0.2) is 0 Å². The lowest BCUT2D eigenvalue weighted by molar-refractivity contribution is -0.116. The van der Waals surface area contributed by atoms with Gasteiger partial charge in [-0.15, -0.1) is 12.3 Å². The van der Waals surface area contributed by atoms with Crippen LogP contribution in [-0.4, -0.2) is 31.3 Å². The van der Waals surface area contributed by atoms with Crippen molar-refractivity contribution in [1.82, 2.24) is 5.32 Å². The molecule has 0 fully saturated rings. The number of hydrogen-bond donors (Lipinski definition) is 2. The molecule has 0 bridgehead atoms. The van der Waals surface area contributed by atoms with Gasteiger partial charge in [0, 0.05) is 19.0 Å². The lowest BCUT2D eigenvalue weighted by atomic mass is 10.1. The minimum absolute atomic E-state index is 0.175. The number of ether oxygens (including phenoxy) is 2. The fourth-order valence-corrected chi connectivity index (χ4v) is 2.49. The van der Waals surface area contributed by atoms with Crippen LogP contribution in [0.2, 0.25) is 0 Å². The number of amides is 1. The number of nitrogens with one attached hydrogen (secondary N) is 1. The van der Waals surface area contributed by atoms with E-state index < -0.39 is 0 Å². The van der Waals surface area contributed by atoms with Gasteiger partial charge in [0.15, 0.2) is 11.5 Å². The minimum Gasteiger partial charge on any atom is -0.508 e. The van der Waals surface area contributed by atoms with E-state index in [2.05, 4.69) is 11.2 Å². The number of carbonyl (C=O) groups excluding carboxylic acids is 1. The predicted octanol–water partition coefficient (Wildman–Crippen LogP) is 3.57. The molecule has 0 aromatic heterocycles. The van der Waals surface area contributed by atoms with Gasteiger partial charge in [0.2, 0.25) is 5.91 Å². The van der Waals surface area contributed by atoms with E-state index >= 15 is 0 Å². The van der Waals surface area contributed by atoms with Gasteiger partial charge in [-0.3, -0.25) is 4.79 Å². The second-order valence-corrected chi connectivity index (χ2v) is 6.11. The van der Waals surface area contributed by atoms with Crippen LogP contribution in [0.1, 0.15) is 24.0 Å². The van der Waals surface area contributed by atoms with E-state index in [1.807, 2.05) is 24.3 Å². The molecule has 5 nitrogen and oxygen atoms in total. The quantitative estimate of drug-likeness (QED) is 0.376. The molecule has 2 aromatic carbocycles. The lowest BCUT2D eigenvalue weighted by Gasteiger charge is -2.11. The molecule has 2 N–H and O–H groups in total. The third kappa shape index (κ3) is 7.08. The number of methoxy groups -OCH3 is 1. The topological polar surface area (TPSA) is 67.8 Å². The second-order valence-electron chi connectivity index (χ2n) is 6.11. The number of terminal acetylenes is 1. The van der Waals surface area contributed by atoms with Crippen LogP contribution in [0.5, 0.6) is 17.2 Å². The van der Waals surface area contributed by atoms with Crippen LogP contribution in [0.15, 0.2) is 48.5 Å². The monoisotopic (exact) mass is 379 g/mol. The predicted molar refractivity (Wildman–Crippen MR) is 110 cm³/mol. The summed E-state index contributed by atoms with van der Waals surface area (Å²) in [5, 5.41) is 12.1. The summed E-state index contributed by atoms with van der Waals surface area (Å²) >= 11 is 0. The van der Waals surface area contributed by atoms with Gasteiger partial charge < -0.3 is 19.9 Å². The molecule has 0 heterocycles. The summed E-state index contributed by atoms with van der Waals surface area (Å²) in [6.45, 7) is 1.02. The zero-order valence-electron chi connectivity index (χ0n) is 16.0. The lowest BCUT2D eigenvalue weighted by Crippen LogP contribution is -2.23. The Labute approximate surface area is 166 Å². The van der Waals surface area contributed by atoms with E-state index in [1.165, 1.54) is 6.08 Å². The third-order valence-electron chi connectivity index (χ3n) is 3.99. The van der Waals surface area contributed by atoms with Gasteiger partial charge >= 0.3 is 0 Å². The molecule has 5 heteroatoms. The molecule has 0 unspecified atom stereocenters. The average molecular weight is 379 g/mol. The number of rotatable bonds is 10. The highest BCUT2D eigenvalue weighted by Gasteiger charge is 2.05. The first-order valence-electron chi connectivity index (χ1n) is 9.10. The van der Waals surface area contributed by atoms with Crippen molar-refractivity contribution in [3.63, 3.8) is 0 Å². The number of phenols is 1. The van der Waals surface area contributed by atoms with E-state index in [0.717, 1.165) is 17.5 Å². The summed E-state index contributed by atoms with van der Waals surface area (Å²) in [5.74, 6) is 3.89.